The van der Waals surface area contributed by atoms with Crippen LogP contribution in [-0.4, -0.2) is 39.0 Å². The number of aromatic nitrogens is 3. The van der Waals surface area contributed by atoms with Gasteiger partial charge in [-0.05, 0) is 58.0 Å². The van der Waals surface area contributed by atoms with E-state index >= 15 is 0 Å². The number of hydrogen-bond donors (Lipinski definition) is 1. The number of nitrogens with one attached hydrogen (secondary N) is 1. The van der Waals surface area contributed by atoms with Gasteiger partial charge in [0, 0.05) is 11.4 Å². The lowest BCUT2D eigenvalue weighted by atomic mass is 10.3. The number of amides is 1. The molecule has 0 spiro atoms. The Bertz CT molecular complexity index is 1110. The Morgan fingerprint density at radius 1 is 1.24 bits per heavy atom. The Morgan fingerprint density at radius 3 is 2.64 bits per heavy atom. The van der Waals surface area contributed by atoms with Gasteiger partial charge in [-0.1, -0.05) is 11.8 Å². The summed E-state index contributed by atoms with van der Waals surface area (Å²) in [5, 5.41) is 12.3. The lowest BCUT2D eigenvalue weighted by Gasteiger charge is -2.15. The van der Waals surface area contributed by atoms with Gasteiger partial charge < -0.3 is 19.4 Å². The molecule has 0 aliphatic carbocycles. The van der Waals surface area contributed by atoms with Crippen LogP contribution in [0, 0.1) is 12.7 Å². The maximum atomic E-state index is 13.1. The molecule has 0 saturated heterocycles. The predicted molar refractivity (Wildman–Crippen MR) is 126 cm³/mol. The Labute approximate surface area is 199 Å². The van der Waals surface area contributed by atoms with E-state index in [4.69, 9.17) is 9.47 Å². The molecular formula is C22H25FN4O4S2. The number of nitrogens with zero attached hydrogens (tertiary/aromatic N) is 3. The van der Waals surface area contributed by atoms with Crippen molar-refractivity contribution < 1.29 is 23.5 Å². The van der Waals surface area contributed by atoms with Crippen LogP contribution in [0.1, 0.15) is 47.9 Å². The van der Waals surface area contributed by atoms with E-state index in [0.29, 0.717) is 33.8 Å². The number of hydrogen-bond acceptors (Lipinski definition) is 8. The minimum Gasteiger partial charge on any atom is -0.483 e. The zero-order valence-electron chi connectivity index (χ0n) is 18.8. The number of rotatable bonds is 10. The van der Waals surface area contributed by atoms with Crippen LogP contribution in [-0.2, 0) is 16.1 Å². The van der Waals surface area contributed by atoms with Crippen molar-refractivity contribution in [2.75, 3.05) is 17.7 Å². The summed E-state index contributed by atoms with van der Waals surface area (Å²) < 4.78 is 25.9. The van der Waals surface area contributed by atoms with Crippen molar-refractivity contribution in [1.29, 1.82) is 0 Å². The second-order valence-electron chi connectivity index (χ2n) is 6.96. The molecule has 0 saturated carbocycles. The number of thiophene rings is 1. The molecule has 176 valence electrons. The van der Waals surface area contributed by atoms with Gasteiger partial charge in [-0.3, -0.25) is 4.79 Å². The summed E-state index contributed by atoms with van der Waals surface area (Å²) in [5.74, 6) is 0.140. The molecule has 11 heteroatoms. The molecular weight excluding hydrogens is 467 g/mol. The minimum atomic E-state index is -0.463. The molecule has 2 heterocycles. The van der Waals surface area contributed by atoms with Gasteiger partial charge in [0.2, 0.25) is 5.91 Å². The highest BCUT2D eigenvalue weighted by Gasteiger charge is 2.21. The largest absolute Gasteiger partial charge is 0.483 e. The number of halogens is 1. The first-order valence-electron chi connectivity index (χ1n) is 10.4. The first-order chi connectivity index (χ1) is 15.8. The fourth-order valence-electron chi connectivity index (χ4n) is 3.04. The van der Waals surface area contributed by atoms with Gasteiger partial charge in [-0.25, -0.2) is 9.18 Å². The molecule has 0 aliphatic rings. The average Bonchev–Trinajstić information content (AvgIpc) is 3.36. The van der Waals surface area contributed by atoms with Crippen molar-refractivity contribution in [1.82, 2.24) is 14.8 Å². The third-order valence-corrected chi connectivity index (χ3v) is 6.42. The Hall–Kier alpha value is -2.92. The summed E-state index contributed by atoms with van der Waals surface area (Å²) in [6.45, 7) is 8.21. The van der Waals surface area contributed by atoms with Crippen molar-refractivity contribution in [3.63, 3.8) is 0 Å². The monoisotopic (exact) mass is 492 g/mol. The minimum absolute atomic E-state index is 0.0878. The van der Waals surface area contributed by atoms with Crippen LogP contribution >= 0.6 is 23.1 Å². The normalized spacial score (nSPS) is 11.8. The van der Waals surface area contributed by atoms with E-state index in [1.54, 1.807) is 25.1 Å². The number of carbonyl (C=O) groups excluding carboxylic acids is 2. The number of esters is 1. The highest BCUT2D eigenvalue weighted by atomic mass is 32.2. The van der Waals surface area contributed by atoms with Crippen LogP contribution in [0.15, 0.2) is 35.5 Å². The molecule has 1 amide bonds. The molecule has 0 radical (unpaired) electrons. The summed E-state index contributed by atoms with van der Waals surface area (Å²) in [6.07, 6.45) is -0.424. The second kappa shape index (κ2) is 11.3. The number of aryl methyl sites for hydroxylation is 1. The lowest BCUT2D eigenvalue weighted by molar-refractivity contribution is -0.113. The predicted octanol–water partition coefficient (Wildman–Crippen LogP) is 4.85. The number of carbonyl (C=O) groups is 2. The second-order valence-corrected chi connectivity index (χ2v) is 9.16. The van der Waals surface area contributed by atoms with Crippen LogP contribution in [0.3, 0.4) is 0 Å². The Balaban J connectivity index is 1.64. The van der Waals surface area contributed by atoms with Gasteiger partial charge in [-0.2, -0.15) is 0 Å². The molecule has 8 nitrogen and oxygen atoms in total. The molecule has 33 heavy (non-hydrogen) atoms. The average molecular weight is 493 g/mol. The fraction of sp³-hybridized carbons (Fsp3) is 0.364. The van der Waals surface area contributed by atoms with Crippen LogP contribution < -0.4 is 10.1 Å². The molecule has 3 aromatic rings. The topological polar surface area (TPSA) is 95.3 Å². The van der Waals surface area contributed by atoms with Crippen LogP contribution in [0.4, 0.5) is 9.39 Å². The van der Waals surface area contributed by atoms with Crippen molar-refractivity contribution in [2.24, 2.45) is 0 Å². The van der Waals surface area contributed by atoms with Gasteiger partial charge in [0.05, 0.1) is 17.9 Å². The number of benzene rings is 1. The van der Waals surface area contributed by atoms with Gasteiger partial charge in [-0.15, -0.1) is 21.5 Å². The van der Waals surface area contributed by atoms with Crippen molar-refractivity contribution >= 4 is 40.0 Å². The van der Waals surface area contributed by atoms with E-state index < -0.39 is 12.1 Å². The molecule has 1 aromatic carbocycles. The van der Waals surface area contributed by atoms with E-state index in [2.05, 4.69) is 15.5 Å². The Morgan fingerprint density at radius 2 is 1.97 bits per heavy atom. The molecule has 0 aliphatic heterocycles. The highest BCUT2D eigenvalue weighted by molar-refractivity contribution is 7.99. The summed E-state index contributed by atoms with van der Waals surface area (Å²) in [4.78, 5) is 25.6. The number of thioether (sulfide) groups is 1. The van der Waals surface area contributed by atoms with Gasteiger partial charge in [0.1, 0.15) is 16.6 Å². The van der Waals surface area contributed by atoms with Crippen molar-refractivity contribution in [3.8, 4) is 5.75 Å². The molecule has 2 aromatic heterocycles. The summed E-state index contributed by atoms with van der Waals surface area (Å²) >= 11 is 2.56. The zero-order valence-corrected chi connectivity index (χ0v) is 20.4. The van der Waals surface area contributed by atoms with Crippen LogP contribution in [0.25, 0.3) is 0 Å². The summed E-state index contributed by atoms with van der Waals surface area (Å²) in [6, 6.07) is 7.46. The number of anilines is 1. The standard InChI is InChI=1S/C22H25FN4O4S2/c1-5-27-19(14(4)31-16-9-7-15(23)8-10-16)25-26-22(27)32-12-18(28)24-20-17(11-13(3)33-20)21(29)30-6-2/h7-11,14H,5-6,12H2,1-4H3,(H,24,28). The van der Waals surface area contributed by atoms with Gasteiger partial charge in [0.25, 0.3) is 0 Å². The third-order valence-electron chi connectivity index (χ3n) is 4.49. The fourth-order valence-corrected chi connectivity index (χ4v) is 4.76. The Kier molecular flexibility index (Phi) is 8.45. The first kappa shape index (κ1) is 24.7. The molecule has 0 fully saturated rings. The maximum absolute atomic E-state index is 13.1. The van der Waals surface area contributed by atoms with Gasteiger partial charge in [0.15, 0.2) is 17.1 Å². The van der Waals surface area contributed by atoms with E-state index in [0.717, 1.165) is 4.88 Å². The quantitative estimate of drug-likeness (QED) is 0.319. The molecule has 1 unspecified atom stereocenters. The van der Waals surface area contributed by atoms with E-state index in [-0.39, 0.29) is 24.1 Å². The molecule has 3 rings (SSSR count). The SMILES string of the molecule is CCOC(=O)c1cc(C)sc1NC(=O)CSc1nnc(C(C)Oc2ccc(F)cc2)n1CC. The van der Waals surface area contributed by atoms with Crippen LogP contribution in [0.2, 0.25) is 0 Å². The van der Waals surface area contributed by atoms with E-state index in [1.165, 1.54) is 35.2 Å². The molecule has 1 atom stereocenters. The summed E-state index contributed by atoms with van der Waals surface area (Å²) in [7, 11) is 0. The maximum Gasteiger partial charge on any atom is 0.341 e. The van der Waals surface area contributed by atoms with Crippen molar-refractivity contribution in [2.45, 2.75) is 45.5 Å². The first-order valence-corrected chi connectivity index (χ1v) is 12.2. The number of ether oxygens (including phenoxy) is 2. The summed E-state index contributed by atoms with van der Waals surface area (Å²) in [5.41, 5.74) is 0.350. The van der Waals surface area contributed by atoms with Gasteiger partial charge >= 0.3 is 5.97 Å². The van der Waals surface area contributed by atoms with E-state index in [9.17, 15) is 14.0 Å². The molecule has 0 bridgehead atoms. The highest BCUT2D eigenvalue weighted by Crippen LogP contribution is 2.29. The molecule has 1 N–H and O–H groups in total. The lowest BCUT2D eigenvalue weighted by Crippen LogP contribution is -2.16. The van der Waals surface area contributed by atoms with Crippen LogP contribution in [0.5, 0.6) is 5.75 Å². The van der Waals surface area contributed by atoms with Crippen molar-refractivity contribution in [3.05, 3.63) is 52.4 Å². The third kappa shape index (κ3) is 6.32. The zero-order chi connectivity index (χ0) is 24.0. The van der Waals surface area contributed by atoms with E-state index in [1.807, 2.05) is 25.3 Å². The smallest absolute Gasteiger partial charge is 0.341 e.